The second-order valence-electron chi connectivity index (χ2n) is 5.14. The van der Waals surface area contributed by atoms with Crippen LogP contribution in [0.25, 0.3) is 0 Å². The summed E-state index contributed by atoms with van der Waals surface area (Å²) in [6, 6.07) is 2.36. The van der Waals surface area contributed by atoms with Crippen molar-refractivity contribution >= 4 is 0 Å². The number of hydrogen-bond donors (Lipinski definition) is 1. The highest BCUT2D eigenvalue weighted by Crippen LogP contribution is 2.52. The molecule has 3 heteroatoms. The van der Waals surface area contributed by atoms with E-state index in [1.54, 1.807) is 6.92 Å². The number of nitriles is 1. The van der Waals surface area contributed by atoms with E-state index in [9.17, 15) is 10.4 Å². The predicted molar refractivity (Wildman–Crippen MR) is 56.0 cm³/mol. The molecule has 2 aliphatic rings. The molecule has 0 amide bonds. The molecule has 0 radical (unpaired) electrons. The Labute approximate surface area is 91.0 Å². The molecule has 1 N–H and O–H groups in total. The van der Waals surface area contributed by atoms with Gasteiger partial charge in [-0.2, -0.15) is 5.26 Å². The van der Waals surface area contributed by atoms with Gasteiger partial charge in [0.25, 0.3) is 0 Å². The summed E-state index contributed by atoms with van der Waals surface area (Å²) < 4.78 is 5.83. The van der Waals surface area contributed by atoms with Gasteiger partial charge in [0, 0.05) is 5.92 Å². The van der Waals surface area contributed by atoms with Crippen molar-refractivity contribution in [2.24, 2.45) is 11.8 Å². The number of ether oxygens (including phenoxy) is 1. The fourth-order valence-electron chi connectivity index (χ4n) is 3.02. The van der Waals surface area contributed by atoms with Gasteiger partial charge in [0.1, 0.15) is 0 Å². The average Bonchev–Trinajstić information content (AvgIpc) is 2.77. The summed E-state index contributed by atoms with van der Waals surface area (Å²) in [5, 5.41) is 18.7. The van der Waals surface area contributed by atoms with Crippen LogP contribution in [0, 0.1) is 23.2 Å². The van der Waals surface area contributed by atoms with Gasteiger partial charge in [0.05, 0.1) is 18.3 Å². The van der Waals surface area contributed by atoms with Crippen LogP contribution in [-0.4, -0.2) is 22.9 Å². The smallest absolute Gasteiger partial charge is 0.157 e. The monoisotopic (exact) mass is 209 g/mol. The molecule has 2 aliphatic carbocycles. The molecule has 3 nitrogen and oxygen atoms in total. The molecule has 2 bridgehead atoms. The summed E-state index contributed by atoms with van der Waals surface area (Å²) in [7, 11) is 0. The van der Waals surface area contributed by atoms with E-state index in [2.05, 4.69) is 6.07 Å². The van der Waals surface area contributed by atoms with Crippen LogP contribution in [0.3, 0.4) is 0 Å². The predicted octanol–water partition coefficient (Wildman–Crippen LogP) is 1.85. The number of aliphatic hydroxyl groups is 1. The van der Waals surface area contributed by atoms with Crippen LogP contribution in [0.15, 0.2) is 0 Å². The van der Waals surface area contributed by atoms with Gasteiger partial charge in [-0.25, -0.2) is 0 Å². The molecule has 84 valence electrons. The molecule has 2 rings (SSSR count). The van der Waals surface area contributed by atoms with Gasteiger partial charge in [-0.05, 0) is 45.4 Å². The molecule has 15 heavy (non-hydrogen) atoms. The fourth-order valence-corrected chi connectivity index (χ4v) is 3.02. The van der Waals surface area contributed by atoms with Crippen molar-refractivity contribution in [3.05, 3.63) is 0 Å². The molecule has 0 aliphatic heterocycles. The first kappa shape index (κ1) is 10.9. The SMILES string of the molecule is CC(O)C(C)OC1(C#N)CC2CCC1C2. The molecule has 0 aromatic carbocycles. The number of rotatable bonds is 3. The standard InChI is InChI=1S/C12H19NO2/c1-8(14)9(2)15-12(7-13)6-10-3-4-11(12)5-10/h8-11,14H,3-6H2,1-2H3. The van der Waals surface area contributed by atoms with E-state index < -0.39 is 11.7 Å². The Kier molecular flexibility index (Phi) is 2.74. The van der Waals surface area contributed by atoms with Crippen LogP contribution in [0.1, 0.15) is 39.5 Å². The third kappa shape index (κ3) is 1.77. The molecular formula is C12H19NO2. The van der Waals surface area contributed by atoms with Crippen molar-refractivity contribution in [2.45, 2.75) is 57.3 Å². The Hall–Kier alpha value is -0.590. The van der Waals surface area contributed by atoms with Gasteiger partial charge >= 0.3 is 0 Å². The quantitative estimate of drug-likeness (QED) is 0.771. The minimum atomic E-state index is -0.598. The van der Waals surface area contributed by atoms with Gasteiger partial charge in [-0.15, -0.1) is 0 Å². The van der Waals surface area contributed by atoms with Crippen molar-refractivity contribution in [3.8, 4) is 6.07 Å². The highest BCUT2D eigenvalue weighted by molar-refractivity contribution is 5.14. The normalized spacial score (nSPS) is 42.5. The zero-order valence-corrected chi connectivity index (χ0v) is 9.44. The Morgan fingerprint density at radius 3 is 2.60 bits per heavy atom. The van der Waals surface area contributed by atoms with Crippen LogP contribution in [0.4, 0.5) is 0 Å². The van der Waals surface area contributed by atoms with Crippen molar-refractivity contribution < 1.29 is 9.84 Å². The molecule has 2 fully saturated rings. The molecular weight excluding hydrogens is 190 g/mol. The first-order chi connectivity index (χ1) is 7.07. The van der Waals surface area contributed by atoms with Gasteiger partial charge in [-0.3, -0.25) is 0 Å². The van der Waals surface area contributed by atoms with Crippen molar-refractivity contribution in [1.82, 2.24) is 0 Å². The first-order valence-electron chi connectivity index (χ1n) is 5.84. The molecule has 5 atom stereocenters. The average molecular weight is 209 g/mol. The Bertz CT molecular complexity index is 284. The number of hydrogen-bond acceptors (Lipinski definition) is 3. The lowest BCUT2D eigenvalue weighted by Gasteiger charge is -2.34. The van der Waals surface area contributed by atoms with E-state index in [1.165, 1.54) is 6.42 Å². The topological polar surface area (TPSA) is 53.2 Å². The summed E-state index contributed by atoms with van der Waals surface area (Å²) in [4.78, 5) is 0. The van der Waals surface area contributed by atoms with Gasteiger partial charge in [-0.1, -0.05) is 0 Å². The zero-order valence-electron chi connectivity index (χ0n) is 9.44. The minimum absolute atomic E-state index is 0.246. The highest BCUT2D eigenvalue weighted by atomic mass is 16.5. The molecule has 0 heterocycles. The van der Waals surface area contributed by atoms with Crippen LogP contribution >= 0.6 is 0 Å². The summed E-state index contributed by atoms with van der Waals surface area (Å²) in [6.45, 7) is 3.55. The lowest BCUT2D eigenvalue weighted by atomic mass is 9.85. The van der Waals surface area contributed by atoms with E-state index in [-0.39, 0.29) is 6.10 Å². The van der Waals surface area contributed by atoms with Gasteiger partial charge in [0.2, 0.25) is 0 Å². The Balaban J connectivity index is 2.08. The zero-order chi connectivity index (χ0) is 11.1. The minimum Gasteiger partial charge on any atom is -0.391 e. The lowest BCUT2D eigenvalue weighted by Crippen LogP contribution is -2.42. The van der Waals surface area contributed by atoms with Gasteiger partial charge < -0.3 is 9.84 Å². The van der Waals surface area contributed by atoms with Crippen molar-refractivity contribution in [1.29, 1.82) is 5.26 Å². The van der Waals surface area contributed by atoms with Crippen LogP contribution in [0.5, 0.6) is 0 Å². The molecule has 5 unspecified atom stereocenters. The Morgan fingerprint density at radius 1 is 1.47 bits per heavy atom. The van der Waals surface area contributed by atoms with E-state index in [4.69, 9.17) is 4.74 Å². The second kappa shape index (κ2) is 3.77. The summed E-state index contributed by atoms with van der Waals surface area (Å²) in [5.41, 5.74) is -0.598. The number of aliphatic hydroxyl groups excluding tert-OH is 1. The second-order valence-corrected chi connectivity index (χ2v) is 5.14. The molecule has 0 aromatic rings. The maximum absolute atomic E-state index is 9.43. The molecule has 0 spiro atoms. The third-order valence-corrected chi connectivity index (χ3v) is 4.06. The van der Waals surface area contributed by atoms with Gasteiger partial charge in [0.15, 0.2) is 5.60 Å². The van der Waals surface area contributed by atoms with Crippen LogP contribution in [-0.2, 0) is 4.74 Å². The maximum atomic E-state index is 9.43. The lowest BCUT2D eigenvalue weighted by molar-refractivity contribution is -0.118. The van der Waals surface area contributed by atoms with E-state index >= 15 is 0 Å². The summed E-state index contributed by atoms with van der Waals surface area (Å²) >= 11 is 0. The van der Waals surface area contributed by atoms with E-state index in [1.807, 2.05) is 6.92 Å². The molecule has 0 aromatic heterocycles. The first-order valence-corrected chi connectivity index (χ1v) is 5.84. The van der Waals surface area contributed by atoms with E-state index in [0.29, 0.717) is 11.8 Å². The van der Waals surface area contributed by atoms with Crippen LogP contribution in [0.2, 0.25) is 0 Å². The third-order valence-electron chi connectivity index (χ3n) is 4.06. The largest absolute Gasteiger partial charge is 0.391 e. The van der Waals surface area contributed by atoms with Crippen molar-refractivity contribution in [3.63, 3.8) is 0 Å². The number of nitrogens with zero attached hydrogens (tertiary/aromatic N) is 1. The van der Waals surface area contributed by atoms with Crippen LogP contribution < -0.4 is 0 Å². The molecule has 2 saturated carbocycles. The molecule has 0 saturated heterocycles. The maximum Gasteiger partial charge on any atom is 0.157 e. The summed E-state index contributed by atoms with van der Waals surface area (Å²) in [5.74, 6) is 1.07. The summed E-state index contributed by atoms with van der Waals surface area (Å²) in [6.07, 6.45) is 3.62. The fraction of sp³-hybridized carbons (Fsp3) is 0.917. The van der Waals surface area contributed by atoms with Crippen molar-refractivity contribution in [2.75, 3.05) is 0 Å². The number of fused-ring (bicyclic) bond motifs is 2. The highest BCUT2D eigenvalue weighted by Gasteiger charge is 2.53. The Morgan fingerprint density at radius 2 is 2.20 bits per heavy atom. The van der Waals surface area contributed by atoms with E-state index in [0.717, 1.165) is 19.3 Å².